The maximum Gasteiger partial charge on any atom is 0.310 e. The summed E-state index contributed by atoms with van der Waals surface area (Å²) < 4.78 is 17.9. The van der Waals surface area contributed by atoms with E-state index in [2.05, 4.69) is 10.1 Å². The van der Waals surface area contributed by atoms with E-state index in [0.717, 1.165) is 10.9 Å². The predicted octanol–water partition coefficient (Wildman–Crippen LogP) is 2.39. The van der Waals surface area contributed by atoms with Crippen LogP contribution in [0.4, 0.5) is 0 Å². The van der Waals surface area contributed by atoms with Crippen LogP contribution >= 0.6 is 0 Å². The first-order valence-corrected chi connectivity index (χ1v) is 9.92. The number of esters is 1. The van der Waals surface area contributed by atoms with Crippen molar-refractivity contribution in [2.75, 3.05) is 13.7 Å². The molecular weight excluding hydrogens is 388 g/mol. The van der Waals surface area contributed by atoms with E-state index in [0.29, 0.717) is 37.3 Å². The first kappa shape index (κ1) is 23.4. The van der Waals surface area contributed by atoms with Gasteiger partial charge in [-0.15, -0.1) is 0 Å². The van der Waals surface area contributed by atoms with E-state index in [-0.39, 0.29) is 12.0 Å². The third-order valence-electron chi connectivity index (χ3n) is 4.42. The molecule has 0 saturated heterocycles. The van der Waals surface area contributed by atoms with Crippen LogP contribution in [0.5, 0.6) is 5.75 Å². The molecule has 1 N–H and O–H groups in total. The Hall–Kier alpha value is -2.87. The topological polar surface area (TPSA) is 95.9 Å². The molecular formula is C22H30N2O6. The minimum Gasteiger partial charge on any atom is -0.493 e. The van der Waals surface area contributed by atoms with Crippen molar-refractivity contribution in [3.63, 3.8) is 0 Å². The average molecular weight is 418 g/mol. The Morgan fingerprint density at radius 2 is 2.00 bits per heavy atom. The Balaban J connectivity index is 2.20. The van der Waals surface area contributed by atoms with Gasteiger partial charge in [-0.25, -0.2) is 0 Å². The Morgan fingerprint density at radius 1 is 1.27 bits per heavy atom. The number of nitrogens with one attached hydrogen (secondary N) is 1. The van der Waals surface area contributed by atoms with Gasteiger partial charge in [0.2, 0.25) is 6.41 Å². The molecule has 1 amide bonds. The largest absolute Gasteiger partial charge is 0.493 e. The maximum atomic E-state index is 12.7. The van der Waals surface area contributed by atoms with Crippen LogP contribution in [0.25, 0.3) is 10.9 Å². The standard InChI is InChI=1S/C22H30N2O6/c1-6-24-18-13-17(29-10-9-19(23-14-25)30-22(2,3)4)8-7-15(18)11-16(21(24)27)12-20(26)28-5/h7-8,11,13-14,19H,6,9-10,12H2,1-5H3,(H,23,25). The van der Waals surface area contributed by atoms with Gasteiger partial charge in [0.15, 0.2) is 0 Å². The van der Waals surface area contributed by atoms with Crippen molar-refractivity contribution >= 4 is 23.3 Å². The number of hydrogen-bond acceptors (Lipinski definition) is 6. The van der Waals surface area contributed by atoms with Gasteiger partial charge in [0.1, 0.15) is 12.0 Å². The fraction of sp³-hybridized carbons (Fsp3) is 0.500. The smallest absolute Gasteiger partial charge is 0.310 e. The fourth-order valence-corrected chi connectivity index (χ4v) is 3.13. The number of ether oxygens (including phenoxy) is 3. The predicted molar refractivity (Wildman–Crippen MR) is 114 cm³/mol. The van der Waals surface area contributed by atoms with Crippen LogP contribution in [-0.2, 0) is 32.0 Å². The second kappa shape index (κ2) is 10.2. The molecule has 8 heteroatoms. The van der Waals surface area contributed by atoms with Crippen LogP contribution in [0, 0.1) is 0 Å². The molecule has 0 saturated carbocycles. The highest BCUT2D eigenvalue weighted by Gasteiger charge is 2.18. The molecule has 8 nitrogen and oxygen atoms in total. The molecule has 1 unspecified atom stereocenters. The van der Waals surface area contributed by atoms with Crippen molar-refractivity contribution in [1.82, 2.24) is 9.88 Å². The summed E-state index contributed by atoms with van der Waals surface area (Å²) >= 11 is 0. The number of hydrogen-bond donors (Lipinski definition) is 1. The van der Waals surface area contributed by atoms with Crippen LogP contribution in [0.15, 0.2) is 29.1 Å². The van der Waals surface area contributed by atoms with Crippen molar-refractivity contribution in [3.8, 4) is 5.75 Å². The number of carbonyl (C=O) groups is 2. The van der Waals surface area contributed by atoms with E-state index < -0.39 is 17.8 Å². The first-order valence-electron chi connectivity index (χ1n) is 9.92. The Morgan fingerprint density at radius 3 is 2.60 bits per heavy atom. The number of aromatic nitrogens is 1. The number of carbonyl (C=O) groups excluding carboxylic acids is 2. The minimum atomic E-state index is -0.461. The van der Waals surface area contributed by atoms with Crippen LogP contribution in [0.1, 0.15) is 39.7 Å². The zero-order valence-corrected chi connectivity index (χ0v) is 18.2. The van der Waals surface area contributed by atoms with Crippen LogP contribution in [0.2, 0.25) is 0 Å². The molecule has 164 valence electrons. The average Bonchev–Trinajstić information content (AvgIpc) is 2.67. The monoisotopic (exact) mass is 418 g/mol. The van der Waals surface area contributed by atoms with Gasteiger partial charge in [0.05, 0.1) is 31.3 Å². The molecule has 1 atom stereocenters. The lowest BCUT2D eigenvalue weighted by Crippen LogP contribution is -2.38. The van der Waals surface area contributed by atoms with Crippen molar-refractivity contribution in [2.24, 2.45) is 0 Å². The van der Waals surface area contributed by atoms with E-state index in [9.17, 15) is 14.4 Å². The zero-order chi connectivity index (χ0) is 22.3. The maximum absolute atomic E-state index is 12.7. The third kappa shape index (κ3) is 6.32. The summed E-state index contributed by atoms with van der Waals surface area (Å²) in [4.78, 5) is 35.1. The summed E-state index contributed by atoms with van der Waals surface area (Å²) in [7, 11) is 1.30. The normalized spacial score (nSPS) is 12.4. The second-order valence-electron chi connectivity index (χ2n) is 7.83. The third-order valence-corrected chi connectivity index (χ3v) is 4.42. The molecule has 0 aliphatic carbocycles. The van der Waals surface area contributed by atoms with Gasteiger partial charge in [0, 0.05) is 24.6 Å². The van der Waals surface area contributed by atoms with Crippen LogP contribution < -0.4 is 15.6 Å². The van der Waals surface area contributed by atoms with E-state index in [1.807, 2.05) is 39.8 Å². The molecule has 1 aromatic carbocycles. The number of fused-ring (bicyclic) bond motifs is 1. The van der Waals surface area contributed by atoms with Crippen LogP contribution in [0.3, 0.4) is 0 Å². The summed E-state index contributed by atoms with van der Waals surface area (Å²) in [5, 5.41) is 3.47. The van der Waals surface area contributed by atoms with Gasteiger partial charge in [-0.3, -0.25) is 14.4 Å². The number of methoxy groups -OCH3 is 1. The number of benzene rings is 1. The summed E-state index contributed by atoms with van der Waals surface area (Å²) in [5.74, 6) is 0.149. The highest BCUT2D eigenvalue weighted by molar-refractivity contribution is 5.82. The van der Waals surface area contributed by atoms with Crippen molar-refractivity contribution in [1.29, 1.82) is 0 Å². The Bertz CT molecular complexity index is 945. The van der Waals surface area contributed by atoms with Gasteiger partial charge in [0.25, 0.3) is 5.56 Å². The number of rotatable bonds is 10. The molecule has 0 aliphatic rings. The lowest BCUT2D eigenvalue weighted by Gasteiger charge is -2.27. The van der Waals surface area contributed by atoms with Crippen molar-refractivity contribution in [3.05, 3.63) is 40.2 Å². The molecule has 1 aromatic heterocycles. The molecule has 1 heterocycles. The molecule has 0 spiro atoms. The number of amides is 1. The lowest BCUT2D eigenvalue weighted by atomic mass is 10.1. The van der Waals surface area contributed by atoms with Gasteiger partial charge < -0.3 is 24.1 Å². The highest BCUT2D eigenvalue weighted by atomic mass is 16.5. The number of nitrogens with zero attached hydrogens (tertiary/aromatic N) is 1. The number of aryl methyl sites for hydroxylation is 1. The number of pyridine rings is 1. The first-order chi connectivity index (χ1) is 14.2. The van der Waals surface area contributed by atoms with Gasteiger partial charge in [-0.1, -0.05) is 0 Å². The molecule has 30 heavy (non-hydrogen) atoms. The summed E-state index contributed by atoms with van der Waals surface area (Å²) in [6.07, 6.45) is 0.547. The van der Waals surface area contributed by atoms with Gasteiger partial charge >= 0.3 is 5.97 Å². The molecule has 0 bridgehead atoms. The van der Waals surface area contributed by atoms with Crippen molar-refractivity contribution < 1.29 is 23.8 Å². The van der Waals surface area contributed by atoms with Crippen LogP contribution in [-0.4, -0.2) is 42.5 Å². The molecule has 2 aromatic rings. The Kier molecular flexibility index (Phi) is 8.00. The van der Waals surface area contributed by atoms with E-state index >= 15 is 0 Å². The van der Waals surface area contributed by atoms with E-state index in [1.165, 1.54) is 7.11 Å². The fourth-order valence-electron chi connectivity index (χ4n) is 3.13. The van der Waals surface area contributed by atoms with E-state index in [4.69, 9.17) is 9.47 Å². The van der Waals surface area contributed by atoms with Crippen molar-refractivity contribution in [2.45, 2.75) is 58.9 Å². The lowest BCUT2D eigenvalue weighted by molar-refractivity contribution is -0.139. The SMILES string of the molecule is CCn1c(=O)c(CC(=O)OC)cc2ccc(OCCC(NC=O)OC(C)(C)C)cc21. The molecule has 2 rings (SSSR count). The minimum absolute atomic E-state index is 0.0670. The summed E-state index contributed by atoms with van der Waals surface area (Å²) in [5.41, 5.74) is 0.499. The highest BCUT2D eigenvalue weighted by Crippen LogP contribution is 2.22. The molecule has 0 aliphatic heterocycles. The van der Waals surface area contributed by atoms with Gasteiger partial charge in [-0.2, -0.15) is 0 Å². The molecule has 0 radical (unpaired) electrons. The molecule has 0 fully saturated rings. The quantitative estimate of drug-likeness (QED) is 0.362. The van der Waals surface area contributed by atoms with E-state index in [1.54, 1.807) is 16.7 Å². The summed E-state index contributed by atoms with van der Waals surface area (Å²) in [6.45, 7) is 8.39. The Labute approximate surface area is 176 Å². The second-order valence-corrected chi connectivity index (χ2v) is 7.83. The summed E-state index contributed by atoms with van der Waals surface area (Å²) in [6, 6.07) is 7.17. The zero-order valence-electron chi connectivity index (χ0n) is 18.2. The van der Waals surface area contributed by atoms with Gasteiger partial charge in [-0.05, 0) is 51.3 Å².